The van der Waals surface area contributed by atoms with Crippen LogP contribution in [0.15, 0.2) is 88.7 Å². The second-order valence-corrected chi connectivity index (χ2v) is 12.7. The lowest BCUT2D eigenvalue weighted by molar-refractivity contribution is -0.137. The molecule has 3 atom stereocenters. The number of para-hydroxylation sites is 1. The number of nitrogens with one attached hydrogen (secondary N) is 1. The van der Waals surface area contributed by atoms with Gasteiger partial charge >= 0.3 is 11.0 Å². The van der Waals surface area contributed by atoms with E-state index in [1.54, 1.807) is 30.3 Å². The van der Waals surface area contributed by atoms with Gasteiger partial charge in [0.2, 0.25) is 17.7 Å². The standard InChI is InChI=1S/C31H25F3N4O4S2/c1-36(2)20-13-11-17(12-14-20)23-24-25(28(41)38(27(24)40)21-9-4-3-5-10-21)43-29-26(23)44-30(42)37(29)16-22(39)35-19-8-6-7-18(15-19)31(32,33)34/h3-15,23-25H,16H2,1-2H3,(H,35,39)/t23-,24-,25+/m0/s1. The van der Waals surface area contributed by atoms with E-state index in [-0.39, 0.29) is 11.6 Å². The van der Waals surface area contributed by atoms with Gasteiger partial charge in [0.15, 0.2) is 0 Å². The van der Waals surface area contributed by atoms with Crippen molar-refractivity contribution in [3.8, 4) is 0 Å². The van der Waals surface area contributed by atoms with Crippen LogP contribution in [0.3, 0.4) is 0 Å². The monoisotopic (exact) mass is 638 g/mol. The Bertz CT molecular complexity index is 1820. The Morgan fingerprint density at radius 1 is 0.932 bits per heavy atom. The fraction of sp³-hybridized carbons (Fsp3) is 0.226. The molecule has 44 heavy (non-hydrogen) atoms. The molecule has 1 aromatic heterocycles. The molecule has 2 aliphatic heterocycles. The van der Waals surface area contributed by atoms with Crippen molar-refractivity contribution >= 4 is 57.9 Å². The Morgan fingerprint density at radius 3 is 2.30 bits per heavy atom. The number of imide groups is 1. The highest BCUT2D eigenvalue weighted by Crippen LogP contribution is 2.54. The summed E-state index contributed by atoms with van der Waals surface area (Å²) in [5, 5.41) is 1.97. The maximum absolute atomic E-state index is 13.9. The molecule has 0 aliphatic carbocycles. The Labute approximate surface area is 258 Å². The van der Waals surface area contributed by atoms with Gasteiger partial charge in [0, 0.05) is 36.3 Å². The summed E-state index contributed by atoms with van der Waals surface area (Å²) in [6.07, 6.45) is -4.59. The van der Waals surface area contributed by atoms with Crippen molar-refractivity contribution in [2.75, 3.05) is 29.2 Å². The number of fused-ring (bicyclic) bond motifs is 2. The van der Waals surface area contributed by atoms with Gasteiger partial charge in [-0.15, -0.1) is 0 Å². The average Bonchev–Trinajstić information content (AvgIpc) is 3.43. The highest BCUT2D eigenvalue weighted by atomic mass is 32.2. The summed E-state index contributed by atoms with van der Waals surface area (Å²) in [5.41, 5.74) is 1.12. The normalized spacial score (nSPS) is 19.5. The number of hydrogen-bond acceptors (Lipinski definition) is 7. The number of hydrogen-bond donors (Lipinski definition) is 1. The minimum Gasteiger partial charge on any atom is -0.378 e. The first-order chi connectivity index (χ1) is 20.9. The topological polar surface area (TPSA) is 91.7 Å². The lowest BCUT2D eigenvalue weighted by Crippen LogP contribution is -2.33. The molecule has 2 aliphatic rings. The Kier molecular flexibility index (Phi) is 7.62. The van der Waals surface area contributed by atoms with E-state index in [4.69, 9.17) is 0 Å². The summed E-state index contributed by atoms with van der Waals surface area (Å²) < 4.78 is 40.8. The number of halogens is 3. The molecule has 3 amide bonds. The molecule has 8 nitrogen and oxygen atoms in total. The highest BCUT2D eigenvalue weighted by Gasteiger charge is 2.56. The van der Waals surface area contributed by atoms with Crippen LogP contribution < -0.4 is 20.0 Å². The van der Waals surface area contributed by atoms with Gasteiger partial charge in [0.25, 0.3) is 0 Å². The van der Waals surface area contributed by atoms with E-state index in [1.165, 1.54) is 21.6 Å². The molecule has 1 fully saturated rings. The second kappa shape index (κ2) is 11.3. The van der Waals surface area contributed by atoms with Crippen molar-refractivity contribution in [2.24, 2.45) is 5.92 Å². The maximum atomic E-state index is 13.9. The fourth-order valence-electron chi connectivity index (χ4n) is 5.54. The largest absolute Gasteiger partial charge is 0.416 e. The summed E-state index contributed by atoms with van der Waals surface area (Å²) in [6.45, 7) is -0.484. The molecular formula is C31H25F3N4O4S2. The smallest absolute Gasteiger partial charge is 0.378 e. The van der Waals surface area contributed by atoms with Crippen LogP contribution in [0, 0.1) is 5.92 Å². The number of anilines is 3. The third-order valence-corrected chi connectivity index (χ3v) is 10.2. The van der Waals surface area contributed by atoms with Gasteiger partial charge in [-0.3, -0.25) is 23.7 Å². The van der Waals surface area contributed by atoms with E-state index in [0.29, 0.717) is 15.6 Å². The molecule has 0 radical (unpaired) electrons. The van der Waals surface area contributed by atoms with E-state index >= 15 is 0 Å². The SMILES string of the molecule is CN(C)c1ccc([C@@H]2c3sc(=O)n(CC(=O)Nc4cccc(C(F)(F)F)c4)c3S[C@H]3C(=O)N(c4ccccc4)C(=O)[C@@H]23)cc1. The van der Waals surface area contributed by atoms with Crippen LogP contribution in [0.4, 0.5) is 30.2 Å². The zero-order valence-electron chi connectivity index (χ0n) is 23.4. The number of nitrogens with zero attached hydrogens (tertiary/aromatic N) is 3. The molecular weight excluding hydrogens is 613 g/mol. The van der Waals surface area contributed by atoms with Gasteiger partial charge in [-0.05, 0) is 48.0 Å². The average molecular weight is 639 g/mol. The van der Waals surface area contributed by atoms with Crippen LogP contribution in [-0.2, 0) is 27.1 Å². The summed E-state index contributed by atoms with van der Waals surface area (Å²) in [6, 6.07) is 20.4. The molecule has 3 aromatic carbocycles. The first-order valence-electron chi connectivity index (χ1n) is 13.5. The van der Waals surface area contributed by atoms with Crippen LogP contribution >= 0.6 is 23.1 Å². The van der Waals surface area contributed by atoms with Crippen molar-refractivity contribution in [1.82, 2.24) is 4.57 Å². The molecule has 0 bridgehead atoms. The molecule has 226 valence electrons. The van der Waals surface area contributed by atoms with Gasteiger partial charge in [-0.1, -0.05) is 59.5 Å². The number of benzene rings is 3. The molecule has 0 spiro atoms. The molecule has 1 N–H and O–H groups in total. The lowest BCUT2D eigenvalue weighted by atomic mass is 9.83. The number of rotatable bonds is 6. The van der Waals surface area contributed by atoms with Crippen molar-refractivity contribution in [3.05, 3.63) is 105 Å². The van der Waals surface area contributed by atoms with Crippen LogP contribution in [0.25, 0.3) is 0 Å². The summed E-state index contributed by atoms with van der Waals surface area (Å²) >= 11 is 1.97. The van der Waals surface area contributed by atoms with E-state index in [1.807, 2.05) is 43.3 Å². The Balaban J connectivity index is 1.38. The molecule has 3 heterocycles. The number of carbonyl (C=O) groups is 3. The number of thiazole rings is 1. The molecule has 6 rings (SSSR count). The van der Waals surface area contributed by atoms with Crippen molar-refractivity contribution in [1.29, 1.82) is 0 Å². The van der Waals surface area contributed by atoms with E-state index in [2.05, 4.69) is 5.32 Å². The van der Waals surface area contributed by atoms with Crippen molar-refractivity contribution in [2.45, 2.75) is 28.9 Å². The molecule has 13 heteroatoms. The third-order valence-electron chi connectivity index (χ3n) is 7.61. The quantitative estimate of drug-likeness (QED) is 0.284. The van der Waals surface area contributed by atoms with Gasteiger partial charge < -0.3 is 10.2 Å². The van der Waals surface area contributed by atoms with Crippen LogP contribution in [0.2, 0.25) is 0 Å². The molecule has 0 saturated carbocycles. The number of amides is 3. The minimum atomic E-state index is -4.59. The highest BCUT2D eigenvalue weighted by molar-refractivity contribution is 8.00. The van der Waals surface area contributed by atoms with E-state index < -0.39 is 52.1 Å². The zero-order chi connectivity index (χ0) is 31.3. The minimum absolute atomic E-state index is 0.0661. The predicted octanol–water partition coefficient (Wildman–Crippen LogP) is 5.43. The van der Waals surface area contributed by atoms with Gasteiger partial charge in [0.1, 0.15) is 11.8 Å². The van der Waals surface area contributed by atoms with Crippen molar-refractivity contribution < 1.29 is 27.6 Å². The summed E-state index contributed by atoms with van der Waals surface area (Å²) in [7, 11) is 3.79. The fourth-order valence-corrected chi connectivity index (χ4v) is 8.32. The van der Waals surface area contributed by atoms with Crippen LogP contribution in [0.5, 0.6) is 0 Å². The van der Waals surface area contributed by atoms with Gasteiger partial charge in [-0.2, -0.15) is 13.2 Å². The zero-order valence-corrected chi connectivity index (χ0v) is 25.0. The second-order valence-electron chi connectivity index (χ2n) is 10.6. The number of carbonyl (C=O) groups excluding carboxylic acids is 3. The third kappa shape index (κ3) is 5.30. The van der Waals surface area contributed by atoms with E-state index in [9.17, 15) is 32.3 Å². The molecule has 0 unspecified atom stereocenters. The Hall–Kier alpha value is -4.36. The summed E-state index contributed by atoms with van der Waals surface area (Å²) in [5.74, 6) is -2.93. The van der Waals surface area contributed by atoms with E-state index in [0.717, 1.165) is 46.5 Å². The first kappa shape index (κ1) is 29.7. The van der Waals surface area contributed by atoms with Crippen LogP contribution in [0.1, 0.15) is 21.9 Å². The summed E-state index contributed by atoms with van der Waals surface area (Å²) in [4.78, 5) is 57.3. The number of aromatic nitrogens is 1. The number of thioether (sulfide) groups is 1. The van der Waals surface area contributed by atoms with Gasteiger partial charge in [0.05, 0.1) is 22.2 Å². The predicted molar refractivity (Wildman–Crippen MR) is 163 cm³/mol. The van der Waals surface area contributed by atoms with Crippen LogP contribution in [-0.4, -0.2) is 41.6 Å². The molecule has 4 aromatic rings. The lowest BCUT2D eigenvalue weighted by Gasteiger charge is -2.31. The maximum Gasteiger partial charge on any atom is 0.416 e. The van der Waals surface area contributed by atoms with Gasteiger partial charge in [-0.25, -0.2) is 4.90 Å². The Morgan fingerprint density at radius 2 is 1.64 bits per heavy atom. The number of alkyl halides is 3. The molecule has 1 saturated heterocycles. The van der Waals surface area contributed by atoms with Crippen molar-refractivity contribution in [3.63, 3.8) is 0 Å². The first-order valence-corrected chi connectivity index (χ1v) is 15.2.